The average Bonchev–Trinajstić information content (AvgIpc) is 2.31. The smallest absolute Gasteiger partial charge is 0.319 e. The predicted molar refractivity (Wildman–Crippen MR) is 81.9 cm³/mol. The van der Waals surface area contributed by atoms with Gasteiger partial charge in [0.15, 0.2) is 0 Å². The number of aliphatic hydroxyl groups is 1. The monoisotopic (exact) mass is 294 g/mol. The number of rotatable bonds is 2. The Morgan fingerprint density at radius 3 is 2.70 bits per heavy atom. The van der Waals surface area contributed by atoms with Crippen LogP contribution in [0.3, 0.4) is 0 Å². The van der Waals surface area contributed by atoms with Gasteiger partial charge in [-0.1, -0.05) is 23.4 Å². The van der Waals surface area contributed by atoms with Crippen LogP contribution in [-0.4, -0.2) is 23.3 Å². The molecule has 0 saturated heterocycles. The van der Waals surface area contributed by atoms with Gasteiger partial charge < -0.3 is 15.7 Å². The van der Waals surface area contributed by atoms with E-state index in [0.29, 0.717) is 17.1 Å². The highest BCUT2D eigenvalue weighted by molar-refractivity contribution is 6.33. The molecule has 5 heteroatoms. The molecule has 0 aromatic heterocycles. The lowest BCUT2D eigenvalue weighted by Crippen LogP contribution is -2.43. The maximum Gasteiger partial charge on any atom is 0.319 e. The number of hydrogen-bond acceptors (Lipinski definition) is 2. The Hall–Kier alpha value is -1.70. The number of nitrogens with one attached hydrogen (secondary N) is 2. The first-order chi connectivity index (χ1) is 9.31. The molecule has 1 aromatic carbocycles. The van der Waals surface area contributed by atoms with Gasteiger partial charge in [0.2, 0.25) is 0 Å². The van der Waals surface area contributed by atoms with E-state index in [2.05, 4.69) is 22.5 Å². The number of anilines is 1. The van der Waals surface area contributed by atoms with E-state index in [0.717, 1.165) is 5.56 Å². The number of carbonyl (C=O) groups excluding carboxylic acids is 1. The largest absolute Gasteiger partial charge is 0.395 e. The molecule has 2 amide bonds. The van der Waals surface area contributed by atoms with Crippen LogP contribution in [0.4, 0.5) is 10.5 Å². The van der Waals surface area contributed by atoms with Crippen LogP contribution in [0.15, 0.2) is 18.2 Å². The van der Waals surface area contributed by atoms with E-state index in [1.165, 1.54) is 0 Å². The lowest BCUT2D eigenvalue weighted by atomic mass is 10.1. The van der Waals surface area contributed by atoms with Crippen molar-refractivity contribution >= 4 is 23.3 Å². The summed E-state index contributed by atoms with van der Waals surface area (Å²) < 4.78 is 0. The Morgan fingerprint density at radius 2 is 2.10 bits per heavy atom. The molecule has 1 aromatic rings. The molecule has 0 aliphatic heterocycles. The number of carbonyl (C=O) groups is 1. The lowest BCUT2D eigenvalue weighted by Gasteiger charge is -2.21. The summed E-state index contributed by atoms with van der Waals surface area (Å²) in [6.07, 6.45) is 0.413. The summed E-state index contributed by atoms with van der Waals surface area (Å²) in [4.78, 5) is 11.8. The standard InChI is InChI=1S/C15H19ClN2O2/c1-15(2,3)18-14(20)17-13-10-11(6-4-5-9-19)7-8-12(13)16/h7-8,10,19H,5,9H2,1-3H3,(H2,17,18,20). The quantitative estimate of drug-likeness (QED) is 0.734. The van der Waals surface area contributed by atoms with Crippen LogP contribution in [0.1, 0.15) is 32.8 Å². The zero-order valence-corrected chi connectivity index (χ0v) is 12.6. The third kappa shape index (κ3) is 5.96. The van der Waals surface area contributed by atoms with Gasteiger partial charge in [0.25, 0.3) is 0 Å². The number of aliphatic hydroxyl groups excluding tert-OH is 1. The molecular formula is C15H19ClN2O2. The van der Waals surface area contributed by atoms with Gasteiger partial charge in [-0.2, -0.15) is 0 Å². The number of benzene rings is 1. The first-order valence-electron chi connectivity index (χ1n) is 6.30. The van der Waals surface area contributed by atoms with Gasteiger partial charge >= 0.3 is 6.03 Å². The normalized spacial score (nSPS) is 10.4. The predicted octanol–water partition coefficient (Wildman–Crippen LogP) is 2.99. The number of urea groups is 1. The third-order valence-corrected chi connectivity index (χ3v) is 2.50. The van der Waals surface area contributed by atoms with Gasteiger partial charge in [-0.25, -0.2) is 4.79 Å². The van der Waals surface area contributed by atoms with Gasteiger partial charge in [-0.05, 0) is 39.0 Å². The van der Waals surface area contributed by atoms with Crippen molar-refractivity contribution in [2.24, 2.45) is 0 Å². The second-order valence-electron chi connectivity index (χ2n) is 5.30. The Labute approximate surface area is 124 Å². The molecule has 0 radical (unpaired) electrons. The minimum atomic E-state index is -0.324. The van der Waals surface area contributed by atoms with Gasteiger partial charge in [-0.3, -0.25) is 0 Å². The van der Waals surface area contributed by atoms with E-state index in [1.807, 2.05) is 20.8 Å². The van der Waals surface area contributed by atoms with E-state index >= 15 is 0 Å². The fraction of sp³-hybridized carbons (Fsp3) is 0.400. The van der Waals surface area contributed by atoms with E-state index in [9.17, 15) is 4.79 Å². The van der Waals surface area contributed by atoms with E-state index < -0.39 is 0 Å². The average molecular weight is 295 g/mol. The van der Waals surface area contributed by atoms with Crippen molar-refractivity contribution in [3.05, 3.63) is 28.8 Å². The zero-order valence-electron chi connectivity index (χ0n) is 11.9. The van der Waals surface area contributed by atoms with Crippen molar-refractivity contribution in [3.8, 4) is 11.8 Å². The van der Waals surface area contributed by atoms with Crippen LogP contribution in [0.5, 0.6) is 0 Å². The zero-order chi connectivity index (χ0) is 15.2. The summed E-state index contributed by atoms with van der Waals surface area (Å²) in [7, 11) is 0. The Morgan fingerprint density at radius 1 is 1.40 bits per heavy atom. The highest BCUT2D eigenvalue weighted by Crippen LogP contribution is 2.22. The van der Waals surface area contributed by atoms with Crippen molar-refractivity contribution < 1.29 is 9.90 Å². The molecule has 1 rings (SSSR count). The van der Waals surface area contributed by atoms with Crippen molar-refractivity contribution in [3.63, 3.8) is 0 Å². The summed E-state index contributed by atoms with van der Waals surface area (Å²) in [6.45, 7) is 5.71. The van der Waals surface area contributed by atoms with E-state index in [1.54, 1.807) is 18.2 Å². The molecule has 0 bridgehead atoms. The molecule has 20 heavy (non-hydrogen) atoms. The number of halogens is 1. The van der Waals surface area contributed by atoms with Crippen LogP contribution in [0.2, 0.25) is 5.02 Å². The fourth-order valence-corrected chi connectivity index (χ4v) is 1.58. The van der Waals surface area contributed by atoms with Crippen LogP contribution in [0.25, 0.3) is 0 Å². The highest BCUT2D eigenvalue weighted by atomic mass is 35.5. The lowest BCUT2D eigenvalue weighted by molar-refractivity contribution is 0.244. The summed E-state index contributed by atoms with van der Waals surface area (Å²) >= 11 is 6.04. The molecular weight excluding hydrogens is 276 g/mol. The molecule has 4 nitrogen and oxygen atoms in total. The molecule has 0 heterocycles. The third-order valence-electron chi connectivity index (χ3n) is 2.17. The molecule has 0 saturated carbocycles. The second kappa shape index (κ2) is 7.18. The minimum Gasteiger partial charge on any atom is -0.395 e. The van der Waals surface area contributed by atoms with Crippen molar-refractivity contribution in [2.75, 3.05) is 11.9 Å². The first-order valence-corrected chi connectivity index (χ1v) is 6.68. The van der Waals surface area contributed by atoms with Crippen LogP contribution in [-0.2, 0) is 0 Å². The summed E-state index contributed by atoms with van der Waals surface area (Å²) in [5.41, 5.74) is 0.910. The van der Waals surface area contributed by atoms with Gasteiger partial charge in [0.05, 0.1) is 17.3 Å². The molecule has 0 fully saturated rings. The summed E-state index contributed by atoms with van der Waals surface area (Å²) in [5, 5.41) is 14.6. The van der Waals surface area contributed by atoms with Gasteiger partial charge in [0, 0.05) is 17.5 Å². The maximum atomic E-state index is 11.8. The van der Waals surface area contributed by atoms with Gasteiger partial charge in [-0.15, -0.1) is 0 Å². The van der Waals surface area contributed by atoms with E-state index in [-0.39, 0.29) is 18.2 Å². The number of hydrogen-bond donors (Lipinski definition) is 3. The second-order valence-corrected chi connectivity index (χ2v) is 5.71. The van der Waals surface area contributed by atoms with Crippen molar-refractivity contribution in [1.82, 2.24) is 5.32 Å². The van der Waals surface area contributed by atoms with Crippen LogP contribution >= 0.6 is 11.6 Å². The molecule has 0 aliphatic rings. The van der Waals surface area contributed by atoms with E-state index in [4.69, 9.17) is 16.7 Å². The molecule has 0 atom stereocenters. The first kappa shape index (κ1) is 16.4. The maximum absolute atomic E-state index is 11.8. The van der Waals surface area contributed by atoms with Crippen molar-refractivity contribution in [2.45, 2.75) is 32.7 Å². The summed E-state index contributed by atoms with van der Waals surface area (Å²) in [5.74, 6) is 5.71. The molecule has 3 N–H and O–H groups in total. The number of amides is 2. The molecule has 0 aliphatic carbocycles. The fourth-order valence-electron chi connectivity index (χ4n) is 1.41. The SMILES string of the molecule is CC(C)(C)NC(=O)Nc1cc(C#CCCO)ccc1Cl. The highest BCUT2D eigenvalue weighted by Gasteiger charge is 2.14. The van der Waals surface area contributed by atoms with Crippen LogP contribution < -0.4 is 10.6 Å². The Bertz CT molecular complexity index is 539. The minimum absolute atomic E-state index is 0.0275. The molecule has 0 spiro atoms. The summed E-state index contributed by atoms with van der Waals surface area (Å²) in [6, 6.07) is 4.82. The molecule has 0 unspecified atom stereocenters. The topological polar surface area (TPSA) is 61.4 Å². The van der Waals surface area contributed by atoms with Gasteiger partial charge in [0.1, 0.15) is 0 Å². The van der Waals surface area contributed by atoms with Crippen molar-refractivity contribution in [1.29, 1.82) is 0 Å². The molecule has 108 valence electrons. The Balaban J connectivity index is 2.82. The Kier molecular flexibility index (Phi) is 5.87. The van der Waals surface area contributed by atoms with Crippen LogP contribution in [0, 0.1) is 11.8 Å².